The zero-order valence-electron chi connectivity index (χ0n) is 33.8. The molecule has 0 spiro atoms. The van der Waals surface area contributed by atoms with E-state index < -0.39 is 0 Å². The molecule has 288 valence electrons. The van der Waals surface area contributed by atoms with Gasteiger partial charge in [-0.15, -0.1) is 11.3 Å². The van der Waals surface area contributed by atoms with Crippen LogP contribution in [0.3, 0.4) is 0 Å². The highest BCUT2D eigenvalue weighted by Crippen LogP contribution is 2.53. The van der Waals surface area contributed by atoms with Gasteiger partial charge in [0.05, 0.1) is 22.4 Å². The van der Waals surface area contributed by atoms with Gasteiger partial charge in [0.15, 0.2) is 0 Å². The van der Waals surface area contributed by atoms with Gasteiger partial charge in [0, 0.05) is 53.7 Å². The minimum absolute atomic E-state index is 0.0947. The molecule has 3 heterocycles. The van der Waals surface area contributed by atoms with Crippen LogP contribution in [0.15, 0.2) is 211 Å². The third-order valence-corrected chi connectivity index (χ3v) is 14.0. The molecular weight excluding hydrogens is 757 g/mol. The summed E-state index contributed by atoms with van der Waals surface area (Å²) < 4.78 is 4.94. The van der Waals surface area contributed by atoms with E-state index in [4.69, 9.17) is 11.6 Å². The van der Waals surface area contributed by atoms with Crippen LogP contribution in [0.4, 0.5) is 0 Å². The molecular formula is C58H40N2S. The van der Waals surface area contributed by atoms with Crippen LogP contribution in [0.1, 0.15) is 52.6 Å². The lowest BCUT2D eigenvalue weighted by Crippen LogP contribution is -2.11. The summed E-state index contributed by atoms with van der Waals surface area (Å²) in [5.74, 6) is 0.0947. The summed E-state index contributed by atoms with van der Waals surface area (Å²) in [4.78, 5) is 5.65. The van der Waals surface area contributed by atoms with Gasteiger partial charge in [0.2, 0.25) is 0 Å². The SMILES string of the molecule is C=C1c2ccccc2-c2c(ccc3sc4cc(C5=CCC(c6ccccc6)=C(C)C(c6ccc7c(c6)c6ccccc6n7-c6ccccc6)=N5)ccc4c23)C1c1ccccc1. The lowest BCUT2D eigenvalue weighted by Gasteiger charge is -2.31. The number of fused-ring (bicyclic) bond motifs is 10. The number of aliphatic imine (C=N–C) groups is 1. The van der Waals surface area contributed by atoms with Gasteiger partial charge in [-0.3, -0.25) is 0 Å². The molecule has 0 radical (unpaired) electrons. The molecule has 12 rings (SSSR count). The molecule has 0 bridgehead atoms. The molecule has 8 aromatic carbocycles. The van der Waals surface area contributed by atoms with E-state index in [-0.39, 0.29) is 5.92 Å². The summed E-state index contributed by atoms with van der Waals surface area (Å²) >= 11 is 1.88. The van der Waals surface area contributed by atoms with Gasteiger partial charge in [0.1, 0.15) is 0 Å². The minimum Gasteiger partial charge on any atom is -0.309 e. The summed E-state index contributed by atoms with van der Waals surface area (Å²) in [6.07, 6.45) is 3.12. The van der Waals surface area contributed by atoms with Crippen molar-refractivity contribution >= 4 is 75.9 Å². The Hall–Kier alpha value is -7.33. The average Bonchev–Trinajstić information content (AvgIpc) is 3.80. The number of hydrogen-bond acceptors (Lipinski definition) is 2. The van der Waals surface area contributed by atoms with Crippen LogP contribution in [-0.2, 0) is 0 Å². The van der Waals surface area contributed by atoms with Crippen LogP contribution in [0.2, 0.25) is 0 Å². The Labute approximate surface area is 359 Å². The van der Waals surface area contributed by atoms with Crippen molar-refractivity contribution in [3.05, 3.63) is 240 Å². The summed E-state index contributed by atoms with van der Waals surface area (Å²) in [6.45, 7) is 6.95. The average molecular weight is 797 g/mol. The lowest BCUT2D eigenvalue weighted by atomic mass is 9.72. The first-order chi connectivity index (χ1) is 30.1. The fraction of sp³-hybridized carbons (Fsp3) is 0.0517. The van der Waals surface area contributed by atoms with Gasteiger partial charge in [-0.1, -0.05) is 158 Å². The third kappa shape index (κ3) is 5.65. The molecule has 0 amide bonds. The molecule has 1 aliphatic carbocycles. The van der Waals surface area contributed by atoms with Gasteiger partial charge >= 0.3 is 0 Å². The van der Waals surface area contributed by atoms with Crippen molar-refractivity contribution in [2.45, 2.75) is 19.3 Å². The normalized spacial score (nSPS) is 15.2. The van der Waals surface area contributed by atoms with E-state index in [1.807, 2.05) is 11.3 Å². The molecule has 1 atom stereocenters. The highest BCUT2D eigenvalue weighted by Gasteiger charge is 2.31. The number of benzene rings is 8. The summed E-state index contributed by atoms with van der Waals surface area (Å²) in [5, 5.41) is 5.07. The maximum Gasteiger partial charge on any atom is 0.0741 e. The van der Waals surface area contributed by atoms with Crippen LogP contribution in [-0.4, -0.2) is 10.3 Å². The summed E-state index contributed by atoms with van der Waals surface area (Å²) in [6, 6.07) is 68.5. The van der Waals surface area contributed by atoms with Crippen LogP contribution in [0, 0.1) is 0 Å². The van der Waals surface area contributed by atoms with Gasteiger partial charge in [0.25, 0.3) is 0 Å². The number of hydrogen-bond donors (Lipinski definition) is 0. The third-order valence-electron chi connectivity index (χ3n) is 12.9. The molecule has 0 saturated carbocycles. The van der Waals surface area contributed by atoms with Crippen molar-refractivity contribution in [3.8, 4) is 16.8 Å². The van der Waals surface area contributed by atoms with Crippen molar-refractivity contribution in [3.63, 3.8) is 0 Å². The van der Waals surface area contributed by atoms with Gasteiger partial charge in [-0.2, -0.15) is 0 Å². The standard InChI is InChI=1S/C58H40N2S/c1-36-44-22-12-13-24-46(44)56-48(55(36)39-18-8-4-9-19-39)30-33-53-57(56)47-28-26-40(35-54(47)61-53)50-31-29-43(38-16-6-3-7-17-38)37(2)58(59-50)41-27-32-52-49(34-41)45-23-14-15-25-51(45)60(52)42-20-10-5-11-21-42/h3-28,30-35,55H,1,29H2,2H3. The summed E-state index contributed by atoms with van der Waals surface area (Å²) in [5.41, 5.74) is 19.1. The predicted molar refractivity (Wildman–Crippen MR) is 261 cm³/mol. The van der Waals surface area contributed by atoms with Crippen molar-refractivity contribution in [1.82, 2.24) is 4.57 Å². The number of para-hydroxylation sites is 2. The van der Waals surface area contributed by atoms with E-state index in [9.17, 15) is 0 Å². The van der Waals surface area contributed by atoms with Crippen LogP contribution < -0.4 is 0 Å². The van der Waals surface area contributed by atoms with Crippen LogP contribution in [0.5, 0.6) is 0 Å². The van der Waals surface area contributed by atoms with Crippen molar-refractivity contribution < 1.29 is 0 Å². The first-order valence-corrected chi connectivity index (χ1v) is 21.9. The topological polar surface area (TPSA) is 17.3 Å². The highest BCUT2D eigenvalue weighted by molar-refractivity contribution is 7.26. The lowest BCUT2D eigenvalue weighted by molar-refractivity contribution is 1.04. The molecule has 0 N–H and O–H groups in total. The van der Waals surface area contributed by atoms with Gasteiger partial charge < -0.3 is 4.57 Å². The van der Waals surface area contributed by atoms with Gasteiger partial charge in [-0.05, 0) is 106 Å². The molecule has 2 aliphatic rings. The second-order valence-corrected chi connectivity index (χ2v) is 17.4. The number of allylic oxidation sites excluding steroid dienone is 4. The van der Waals surface area contributed by atoms with E-state index in [2.05, 4.69) is 206 Å². The fourth-order valence-corrected chi connectivity index (χ4v) is 11.2. The zero-order valence-corrected chi connectivity index (χ0v) is 34.6. The monoisotopic (exact) mass is 796 g/mol. The molecule has 0 fully saturated rings. The number of thiophene rings is 1. The van der Waals surface area contributed by atoms with E-state index in [1.54, 1.807) is 0 Å². The zero-order chi connectivity index (χ0) is 40.6. The van der Waals surface area contributed by atoms with Crippen LogP contribution >= 0.6 is 11.3 Å². The van der Waals surface area contributed by atoms with E-state index in [0.29, 0.717) is 0 Å². The Balaban J connectivity index is 1.03. The summed E-state index contributed by atoms with van der Waals surface area (Å²) in [7, 11) is 0. The second kappa shape index (κ2) is 14.2. The van der Waals surface area contributed by atoms with Crippen molar-refractivity contribution in [2.24, 2.45) is 4.99 Å². The second-order valence-electron chi connectivity index (χ2n) is 16.3. The highest BCUT2D eigenvalue weighted by atomic mass is 32.1. The smallest absolute Gasteiger partial charge is 0.0741 e. The maximum atomic E-state index is 5.65. The van der Waals surface area contributed by atoms with E-state index >= 15 is 0 Å². The molecule has 10 aromatic rings. The molecule has 2 aromatic heterocycles. The van der Waals surface area contributed by atoms with Crippen molar-refractivity contribution in [1.29, 1.82) is 0 Å². The van der Waals surface area contributed by atoms with E-state index in [0.717, 1.165) is 40.2 Å². The molecule has 1 unspecified atom stereocenters. The largest absolute Gasteiger partial charge is 0.309 e. The predicted octanol–water partition coefficient (Wildman–Crippen LogP) is 15.7. The number of nitrogens with zero attached hydrogens (tertiary/aromatic N) is 2. The first kappa shape index (κ1) is 35.6. The molecule has 1 aliphatic heterocycles. The first-order valence-electron chi connectivity index (χ1n) is 21.1. The quantitative estimate of drug-likeness (QED) is 0.165. The Bertz CT molecular complexity index is 3510. The van der Waals surface area contributed by atoms with Crippen LogP contribution in [0.25, 0.3) is 75.6 Å². The molecule has 61 heavy (non-hydrogen) atoms. The molecule has 2 nitrogen and oxygen atoms in total. The number of rotatable bonds is 5. The van der Waals surface area contributed by atoms with E-state index in [1.165, 1.54) is 86.5 Å². The Morgan fingerprint density at radius 3 is 2.08 bits per heavy atom. The molecule has 0 saturated heterocycles. The Morgan fingerprint density at radius 2 is 1.26 bits per heavy atom. The Kier molecular flexibility index (Phi) is 8.26. The van der Waals surface area contributed by atoms with Gasteiger partial charge in [-0.25, -0.2) is 4.99 Å². The minimum atomic E-state index is 0.0947. The molecule has 3 heteroatoms. The Morgan fingerprint density at radius 1 is 0.574 bits per heavy atom. The fourth-order valence-electron chi connectivity index (χ4n) is 10.1. The maximum absolute atomic E-state index is 5.65. The number of aromatic nitrogens is 1. The van der Waals surface area contributed by atoms with Crippen molar-refractivity contribution in [2.75, 3.05) is 0 Å².